The molecule has 0 atom stereocenters. The minimum atomic E-state index is -0.343. The Morgan fingerprint density at radius 1 is 1.09 bits per heavy atom. The van der Waals surface area contributed by atoms with Crippen LogP contribution in [0.3, 0.4) is 0 Å². The molecule has 2 aromatic rings. The third kappa shape index (κ3) is 5.38. The average Bonchev–Trinajstić information content (AvgIpc) is 3.03. The number of rotatable bonds is 9. The second kappa shape index (κ2) is 10.8. The van der Waals surface area contributed by atoms with Gasteiger partial charge in [-0.2, -0.15) is 0 Å². The van der Waals surface area contributed by atoms with E-state index in [4.69, 9.17) is 32.7 Å². The molecule has 5 nitrogen and oxygen atoms in total. The van der Waals surface area contributed by atoms with Crippen LogP contribution in [-0.4, -0.2) is 29.7 Å². The van der Waals surface area contributed by atoms with Crippen LogP contribution in [-0.2, 0) is 17.8 Å². The highest BCUT2D eigenvalue weighted by Gasteiger charge is 2.34. The van der Waals surface area contributed by atoms with E-state index in [1.807, 2.05) is 12.1 Å². The first-order valence-corrected chi connectivity index (χ1v) is 11.2. The Bertz CT molecular complexity index is 1110. The van der Waals surface area contributed by atoms with Crippen molar-refractivity contribution in [2.45, 2.75) is 13.0 Å². The van der Waals surface area contributed by atoms with Gasteiger partial charge in [0.15, 0.2) is 11.5 Å². The van der Waals surface area contributed by atoms with E-state index in [0.717, 1.165) is 27.8 Å². The van der Waals surface area contributed by atoms with E-state index in [9.17, 15) is 9.59 Å². The zero-order chi connectivity index (χ0) is 23.3. The van der Waals surface area contributed by atoms with Crippen LogP contribution >= 0.6 is 35.0 Å². The number of imide groups is 1. The minimum Gasteiger partial charge on any atom is -0.493 e. The number of benzene rings is 2. The Hall–Kier alpha value is -2.67. The summed E-state index contributed by atoms with van der Waals surface area (Å²) in [7, 11) is 1.54. The number of hydrogen-bond acceptors (Lipinski definition) is 5. The largest absolute Gasteiger partial charge is 0.493 e. The second-order valence-corrected chi connectivity index (χ2v) is 8.63. The maximum absolute atomic E-state index is 12.5. The predicted molar refractivity (Wildman–Crippen MR) is 131 cm³/mol. The number of ether oxygens (including phenoxy) is 2. The van der Waals surface area contributed by atoms with Gasteiger partial charge in [-0.3, -0.25) is 14.5 Å². The molecule has 1 heterocycles. The van der Waals surface area contributed by atoms with Crippen LogP contribution in [0, 0.1) is 0 Å². The van der Waals surface area contributed by atoms with Gasteiger partial charge in [0.2, 0.25) is 0 Å². The molecule has 0 radical (unpaired) electrons. The second-order valence-electron chi connectivity index (χ2n) is 6.82. The molecule has 0 aliphatic carbocycles. The summed E-state index contributed by atoms with van der Waals surface area (Å²) in [4.78, 5) is 26.1. The molecular formula is C24H21Cl2NO4S. The van der Waals surface area contributed by atoms with Crippen LogP contribution in [0.4, 0.5) is 4.79 Å². The van der Waals surface area contributed by atoms with E-state index >= 15 is 0 Å². The van der Waals surface area contributed by atoms with Gasteiger partial charge in [-0.25, -0.2) is 0 Å². The molecule has 1 aliphatic heterocycles. The first-order valence-electron chi connectivity index (χ1n) is 9.62. The number of hydrogen-bond donors (Lipinski definition) is 0. The highest BCUT2D eigenvalue weighted by atomic mass is 35.5. The lowest BCUT2D eigenvalue weighted by Gasteiger charge is -2.16. The van der Waals surface area contributed by atoms with Crippen molar-refractivity contribution in [1.82, 2.24) is 4.90 Å². The predicted octanol–water partition coefficient (Wildman–Crippen LogP) is 6.53. The average molecular weight is 490 g/mol. The number of nitrogens with zero attached hydrogens (tertiary/aromatic N) is 1. The van der Waals surface area contributed by atoms with Gasteiger partial charge in [-0.15, -0.1) is 13.2 Å². The topological polar surface area (TPSA) is 55.8 Å². The van der Waals surface area contributed by atoms with Crippen LogP contribution in [0.2, 0.25) is 10.0 Å². The van der Waals surface area contributed by atoms with Gasteiger partial charge >= 0.3 is 0 Å². The van der Waals surface area contributed by atoms with E-state index in [-0.39, 0.29) is 24.3 Å². The summed E-state index contributed by atoms with van der Waals surface area (Å²) >= 11 is 13.0. The fraction of sp³-hybridized carbons (Fsp3) is 0.167. The zero-order valence-corrected chi connectivity index (χ0v) is 19.7. The van der Waals surface area contributed by atoms with Gasteiger partial charge < -0.3 is 9.47 Å². The quantitative estimate of drug-likeness (QED) is 0.296. The molecule has 1 fully saturated rings. The molecular weight excluding hydrogens is 469 g/mol. The van der Waals surface area contributed by atoms with Crippen molar-refractivity contribution in [1.29, 1.82) is 0 Å². The number of allylic oxidation sites excluding steroid dienone is 1. The summed E-state index contributed by atoms with van der Waals surface area (Å²) in [6.45, 7) is 7.84. The van der Waals surface area contributed by atoms with Gasteiger partial charge in [-0.05, 0) is 59.7 Å². The number of carbonyl (C=O) groups excluding carboxylic acids is 2. The van der Waals surface area contributed by atoms with E-state index < -0.39 is 0 Å². The fourth-order valence-corrected chi connectivity index (χ4v) is 4.28. The first kappa shape index (κ1) is 24.0. The summed E-state index contributed by atoms with van der Waals surface area (Å²) in [6.07, 6.45) is 5.46. The lowest BCUT2D eigenvalue weighted by Crippen LogP contribution is -2.27. The molecule has 0 saturated carbocycles. The SMILES string of the molecule is C=CCc1cc(/C=C2/SC(=O)N(CC=C)C2=O)cc(OC)c1OCc1ccc(Cl)c(Cl)c1. The Morgan fingerprint density at radius 3 is 2.53 bits per heavy atom. The smallest absolute Gasteiger partial charge is 0.293 e. The molecule has 2 aromatic carbocycles. The van der Waals surface area contributed by atoms with Crippen LogP contribution in [0.15, 0.2) is 60.5 Å². The summed E-state index contributed by atoms with van der Waals surface area (Å²) in [5.41, 5.74) is 2.40. The zero-order valence-electron chi connectivity index (χ0n) is 17.4. The molecule has 3 rings (SSSR count). The molecule has 32 heavy (non-hydrogen) atoms. The highest BCUT2D eigenvalue weighted by Crippen LogP contribution is 2.37. The van der Waals surface area contributed by atoms with Gasteiger partial charge in [0.1, 0.15) is 6.61 Å². The van der Waals surface area contributed by atoms with E-state index in [1.165, 1.54) is 6.08 Å². The van der Waals surface area contributed by atoms with Gasteiger partial charge in [-0.1, -0.05) is 41.4 Å². The number of amides is 2. The normalized spacial score (nSPS) is 14.7. The summed E-state index contributed by atoms with van der Waals surface area (Å²) in [5, 5.41) is 0.606. The van der Waals surface area contributed by atoms with Crippen molar-refractivity contribution in [3.63, 3.8) is 0 Å². The Labute approximate surface area is 201 Å². The van der Waals surface area contributed by atoms with E-state index in [0.29, 0.717) is 38.4 Å². The van der Waals surface area contributed by atoms with E-state index in [2.05, 4.69) is 13.2 Å². The van der Waals surface area contributed by atoms with Crippen LogP contribution in [0.1, 0.15) is 16.7 Å². The van der Waals surface area contributed by atoms with Crippen molar-refractivity contribution >= 4 is 52.2 Å². The monoisotopic (exact) mass is 489 g/mol. The number of methoxy groups -OCH3 is 1. The third-order valence-corrected chi connectivity index (χ3v) is 6.23. The molecule has 0 bridgehead atoms. The highest BCUT2D eigenvalue weighted by molar-refractivity contribution is 8.18. The van der Waals surface area contributed by atoms with Crippen molar-refractivity contribution in [2.75, 3.05) is 13.7 Å². The molecule has 2 amide bonds. The van der Waals surface area contributed by atoms with Crippen LogP contribution < -0.4 is 9.47 Å². The molecule has 8 heteroatoms. The molecule has 0 N–H and O–H groups in total. The molecule has 166 valence electrons. The minimum absolute atomic E-state index is 0.175. The van der Waals surface area contributed by atoms with Crippen molar-refractivity contribution in [2.24, 2.45) is 0 Å². The molecule has 0 aromatic heterocycles. The lowest BCUT2D eigenvalue weighted by atomic mass is 10.0. The van der Waals surface area contributed by atoms with E-state index in [1.54, 1.807) is 37.5 Å². The van der Waals surface area contributed by atoms with Crippen LogP contribution in [0.25, 0.3) is 6.08 Å². The maximum atomic E-state index is 12.5. The summed E-state index contributed by atoms with van der Waals surface area (Å²) < 4.78 is 11.6. The van der Waals surface area contributed by atoms with Crippen molar-refractivity contribution in [3.8, 4) is 11.5 Å². The fourth-order valence-electron chi connectivity index (χ4n) is 3.11. The molecule has 1 saturated heterocycles. The third-order valence-electron chi connectivity index (χ3n) is 4.59. The van der Waals surface area contributed by atoms with Gasteiger partial charge in [0, 0.05) is 12.1 Å². The number of thioether (sulfide) groups is 1. The van der Waals surface area contributed by atoms with Gasteiger partial charge in [0.25, 0.3) is 11.1 Å². The summed E-state index contributed by atoms with van der Waals surface area (Å²) in [6, 6.07) is 8.94. The van der Waals surface area contributed by atoms with Crippen LogP contribution in [0.5, 0.6) is 11.5 Å². The number of carbonyl (C=O) groups is 2. The molecule has 0 unspecified atom stereocenters. The number of halogens is 2. The van der Waals surface area contributed by atoms with Gasteiger partial charge in [0.05, 0.1) is 22.1 Å². The molecule has 0 spiro atoms. The molecule has 1 aliphatic rings. The maximum Gasteiger partial charge on any atom is 0.293 e. The lowest BCUT2D eigenvalue weighted by molar-refractivity contribution is -0.122. The Morgan fingerprint density at radius 2 is 1.88 bits per heavy atom. The first-order chi connectivity index (χ1) is 15.4. The van der Waals surface area contributed by atoms with Crippen molar-refractivity contribution in [3.05, 3.63) is 87.3 Å². The Balaban J connectivity index is 1.92. The standard InChI is InChI=1S/C24H21Cl2NO4S/c1-4-6-17-10-16(13-21-23(28)27(9-5-2)24(29)32-21)12-20(30-3)22(17)31-14-15-7-8-18(25)19(26)11-15/h4-5,7-8,10-13H,1-2,6,9,14H2,3H3/b21-13+. The van der Waals surface area contributed by atoms with Crippen molar-refractivity contribution < 1.29 is 19.1 Å². The summed E-state index contributed by atoms with van der Waals surface area (Å²) in [5.74, 6) is 0.723. The Kier molecular flexibility index (Phi) is 8.07.